The second kappa shape index (κ2) is 10.1. The first-order valence-corrected chi connectivity index (χ1v) is 10.4. The first kappa shape index (κ1) is 21.0. The van der Waals surface area contributed by atoms with Gasteiger partial charge in [0, 0.05) is 51.6 Å². The Labute approximate surface area is 174 Å². The number of hydrogen-bond acceptors (Lipinski definition) is 4. The van der Waals surface area contributed by atoms with E-state index in [0.717, 1.165) is 41.5 Å². The zero-order valence-corrected chi connectivity index (χ0v) is 18.0. The summed E-state index contributed by atoms with van der Waals surface area (Å²) in [5.74, 6) is 2.70. The van der Waals surface area contributed by atoms with Gasteiger partial charge in [0.15, 0.2) is 5.96 Å². The van der Waals surface area contributed by atoms with Gasteiger partial charge in [-0.2, -0.15) is 0 Å². The van der Waals surface area contributed by atoms with Gasteiger partial charge in [-0.1, -0.05) is 18.2 Å². The Hall–Kier alpha value is -2.76. The molecule has 1 aromatic heterocycles. The standard InChI is InChI=1S/C23H33N5O/c1-17-11-12-18(21(14-17)29-20-9-5-6-10-20)15-26-23(24-2)27-16-19-8-7-13-25-22(19)28(3)4/h7-8,11-14,20H,5-6,9-10,15-16H2,1-4H3,(H2,24,26,27). The lowest BCUT2D eigenvalue weighted by Gasteiger charge is -2.19. The van der Waals surface area contributed by atoms with Crippen LogP contribution in [0, 0.1) is 6.92 Å². The minimum absolute atomic E-state index is 0.350. The summed E-state index contributed by atoms with van der Waals surface area (Å²) in [6, 6.07) is 10.5. The van der Waals surface area contributed by atoms with Gasteiger partial charge < -0.3 is 20.3 Å². The van der Waals surface area contributed by atoms with Crippen molar-refractivity contribution in [2.24, 2.45) is 4.99 Å². The monoisotopic (exact) mass is 395 g/mol. The van der Waals surface area contributed by atoms with Crippen LogP contribution in [0.5, 0.6) is 5.75 Å². The molecule has 0 unspecified atom stereocenters. The summed E-state index contributed by atoms with van der Waals surface area (Å²) < 4.78 is 6.31. The molecule has 0 atom stereocenters. The molecule has 6 heteroatoms. The van der Waals surface area contributed by atoms with Crippen LogP contribution in [0.15, 0.2) is 41.5 Å². The molecule has 1 saturated carbocycles. The number of pyridine rings is 1. The molecule has 2 N–H and O–H groups in total. The van der Waals surface area contributed by atoms with Crippen molar-refractivity contribution in [1.82, 2.24) is 15.6 Å². The van der Waals surface area contributed by atoms with E-state index in [-0.39, 0.29) is 0 Å². The Balaban J connectivity index is 1.61. The average Bonchev–Trinajstić information content (AvgIpc) is 3.22. The quantitative estimate of drug-likeness (QED) is 0.554. The SMILES string of the molecule is CN=C(NCc1ccc(C)cc1OC1CCCC1)NCc1cccnc1N(C)C. The molecule has 0 amide bonds. The average molecular weight is 396 g/mol. The maximum Gasteiger partial charge on any atom is 0.191 e. The minimum atomic E-state index is 0.350. The highest BCUT2D eigenvalue weighted by Gasteiger charge is 2.18. The van der Waals surface area contributed by atoms with Gasteiger partial charge in [-0.15, -0.1) is 0 Å². The Bertz CT molecular complexity index is 828. The molecule has 0 saturated heterocycles. The number of nitrogens with one attached hydrogen (secondary N) is 2. The van der Waals surface area contributed by atoms with Crippen molar-refractivity contribution in [3.63, 3.8) is 0 Å². The zero-order chi connectivity index (χ0) is 20.6. The molecule has 3 rings (SSSR count). The zero-order valence-electron chi connectivity index (χ0n) is 18.0. The highest BCUT2D eigenvalue weighted by atomic mass is 16.5. The number of ether oxygens (including phenoxy) is 1. The van der Waals surface area contributed by atoms with Gasteiger partial charge in [0.2, 0.25) is 0 Å². The number of aliphatic imine (C=N–C) groups is 1. The van der Waals surface area contributed by atoms with Crippen molar-refractivity contribution < 1.29 is 4.74 Å². The van der Waals surface area contributed by atoms with Crippen LogP contribution in [0.1, 0.15) is 42.4 Å². The van der Waals surface area contributed by atoms with Gasteiger partial charge >= 0.3 is 0 Å². The summed E-state index contributed by atoms with van der Waals surface area (Å²) in [7, 11) is 5.79. The van der Waals surface area contributed by atoms with Crippen LogP contribution in [0.2, 0.25) is 0 Å². The van der Waals surface area contributed by atoms with Gasteiger partial charge in [-0.3, -0.25) is 4.99 Å². The molecule has 1 aliphatic carbocycles. The van der Waals surface area contributed by atoms with E-state index in [9.17, 15) is 0 Å². The molecule has 1 heterocycles. The normalized spacial score (nSPS) is 14.7. The number of nitrogens with zero attached hydrogens (tertiary/aromatic N) is 3. The Kier molecular flexibility index (Phi) is 7.33. The van der Waals surface area contributed by atoms with Crippen molar-refractivity contribution in [2.45, 2.75) is 51.8 Å². The number of anilines is 1. The van der Waals surface area contributed by atoms with E-state index < -0.39 is 0 Å². The molecule has 1 aromatic carbocycles. The van der Waals surface area contributed by atoms with Crippen molar-refractivity contribution in [3.8, 4) is 5.75 Å². The van der Waals surface area contributed by atoms with E-state index in [2.05, 4.69) is 51.8 Å². The van der Waals surface area contributed by atoms with E-state index in [4.69, 9.17) is 4.74 Å². The molecule has 156 valence electrons. The first-order valence-electron chi connectivity index (χ1n) is 10.4. The molecule has 0 spiro atoms. The molecule has 2 aromatic rings. The molecule has 0 radical (unpaired) electrons. The predicted molar refractivity (Wildman–Crippen MR) is 120 cm³/mol. The molecule has 6 nitrogen and oxygen atoms in total. The lowest BCUT2D eigenvalue weighted by atomic mass is 10.1. The summed E-state index contributed by atoms with van der Waals surface area (Å²) in [5.41, 5.74) is 3.50. The number of hydrogen-bond donors (Lipinski definition) is 2. The number of aromatic nitrogens is 1. The minimum Gasteiger partial charge on any atom is -0.490 e. The topological polar surface area (TPSA) is 61.8 Å². The van der Waals surface area contributed by atoms with Crippen LogP contribution in [-0.4, -0.2) is 38.2 Å². The summed E-state index contributed by atoms with van der Waals surface area (Å²) >= 11 is 0. The van der Waals surface area contributed by atoms with E-state index >= 15 is 0 Å². The number of aryl methyl sites for hydroxylation is 1. The van der Waals surface area contributed by atoms with Gasteiger partial charge in [0.05, 0.1) is 6.10 Å². The van der Waals surface area contributed by atoms with E-state index in [0.29, 0.717) is 19.2 Å². The van der Waals surface area contributed by atoms with Crippen LogP contribution < -0.4 is 20.3 Å². The van der Waals surface area contributed by atoms with Gasteiger partial charge in [-0.05, 0) is 50.3 Å². The largest absolute Gasteiger partial charge is 0.490 e. The van der Waals surface area contributed by atoms with Crippen molar-refractivity contribution in [2.75, 3.05) is 26.0 Å². The fraction of sp³-hybridized carbons (Fsp3) is 0.478. The third-order valence-electron chi connectivity index (χ3n) is 5.23. The third kappa shape index (κ3) is 5.86. The van der Waals surface area contributed by atoms with Crippen molar-refractivity contribution >= 4 is 11.8 Å². The second-order valence-electron chi connectivity index (χ2n) is 7.80. The molecule has 0 aliphatic heterocycles. The number of guanidine groups is 1. The number of benzene rings is 1. The number of rotatable bonds is 7. The van der Waals surface area contributed by atoms with Crippen LogP contribution >= 0.6 is 0 Å². The summed E-state index contributed by atoms with van der Waals surface area (Å²) in [4.78, 5) is 10.8. The van der Waals surface area contributed by atoms with E-state index in [1.54, 1.807) is 7.05 Å². The Morgan fingerprint density at radius 2 is 1.86 bits per heavy atom. The summed E-state index contributed by atoms with van der Waals surface area (Å²) in [5, 5.41) is 6.80. The molecule has 0 bridgehead atoms. The van der Waals surface area contributed by atoms with Gasteiger partial charge in [-0.25, -0.2) is 4.98 Å². The highest BCUT2D eigenvalue weighted by molar-refractivity contribution is 5.79. The maximum absolute atomic E-state index is 6.31. The molecular formula is C23H33N5O. The summed E-state index contributed by atoms with van der Waals surface area (Å²) in [6.45, 7) is 3.42. The highest BCUT2D eigenvalue weighted by Crippen LogP contribution is 2.27. The Morgan fingerprint density at radius 1 is 1.14 bits per heavy atom. The van der Waals surface area contributed by atoms with Crippen LogP contribution in [0.3, 0.4) is 0 Å². The van der Waals surface area contributed by atoms with Crippen molar-refractivity contribution in [1.29, 1.82) is 0 Å². The second-order valence-corrected chi connectivity index (χ2v) is 7.80. The predicted octanol–water partition coefficient (Wildman–Crippen LogP) is 3.64. The van der Waals surface area contributed by atoms with Crippen LogP contribution in [0.4, 0.5) is 5.82 Å². The fourth-order valence-corrected chi connectivity index (χ4v) is 3.65. The molecule has 1 fully saturated rings. The molecule has 1 aliphatic rings. The maximum atomic E-state index is 6.31. The van der Waals surface area contributed by atoms with E-state index in [1.165, 1.54) is 18.4 Å². The summed E-state index contributed by atoms with van der Waals surface area (Å²) in [6.07, 6.45) is 7.01. The Morgan fingerprint density at radius 3 is 2.55 bits per heavy atom. The van der Waals surface area contributed by atoms with Gasteiger partial charge in [0.1, 0.15) is 11.6 Å². The smallest absolute Gasteiger partial charge is 0.191 e. The first-order chi connectivity index (χ1) is 14.1. The fourth-order valence-electron chi connectivity index (χ4n) is 3.65. The van der Waals surface area contributed by atoms with Crippen LogP contribution in [0.25, 0.3) is 0 Å². The third-order valence-corrected chi connectivity index (χ3v) is 5.23. The van der Waals surface area contributed by atoms with E-state index in [1.807, 2.05) is 31.3 Å². The molecular weight excluding hydrogens is 362 g/mol. The lowest BCUT2D eigenvalue weighted by Crippen LogP contribution is -2.36. The molecule has 29 heavy (non-hydrogen) atoms. The van der Waals surface area contributed by atoms with Crippen LogP contribution in [-0.2, 0) is 13.1 Å². The van der Waals surface area contributed by atoms with Gasteiger partial charge in [0.25, 0.3) is 0 Å². The van der Waals surface area contributed by atoms with Crippen molar-refractivity contribution in [3.05, 3.63) is 53.2 Å². The lowest BCUT2D eigenvalue weighted by molar-refractivity contribution is 0.207.